The monoisotopic (exact) mass is 319 g/mol. The van der Waals surface area contributed by atoms with Crippen molar-refractivity contribution in [2.24, 2.45) is 5.92 Å². The fourth-order valence-electron chi connectivity index (χ4n) is 3.52. The van der Waals surface area contributed by atoms with E-state index in [9.17, 15) is 4.79 Å². The maximum Gasteiger partial charge on any atom is 0.139 e. The highest BCUT2D eigenvalue weighted by molar-refractivity contribution is 5.81. The Morgan fingerprint density at radius 1 is 1.26 bits per heavy atom. The molecule has 1 aromatic carbocycles. The first kappa shape index (κ1) is 16.3. The van der Waals surface area contributed by atoms with Crippen LogP contribution < -0.4 is 9.47 Å². The summed E-state index contributed by atoms with van der Waals surface area (Å²) in [4.78, 5) is 14.9. The molecule has 0 N–H and O–H groups in total. The Kier molecular flexibility index (Phi) is 5.18. The van der Waals surface area contributed by atoms with Gasteiger partial charge in [0.25, 0.3) is 0 Å². The van der Waals surface area contributed by atoms with Crippen LogP contribution >= 0.6 is 0 Å². The van der Waals surface area contributed by atoms with Crippen LogP contribution in [0.2, 0.25) is 0 Å². The quantitative estimate of drug-likeness (QED) is 0.804. The Hall–Kier alpha value is -1.59. The lowest BCUT2D eigenvalue weighted by molar-refractivity contribution is -0.131. The number of benzene rings is 1. The van der Waals surface area contributed by atoms with Crippen molar-refractivity contribution in [3.8, 4) is 11.5 Å². The number of fused-ring (bicyclic) bond motifs is 2. The molecule has 2 fully saturated rings. The number of ketones is 1. The van der Waals surface area contributed by atoms with Crippen molar-refractivity contribution >= 4 is 5.78 Å². The van der Waals surface area contributed by atoms with E-state index in [4.69, 9.17) is 14.2 Å². The minimum atomic E-state index is 0.152. The number of morpholine rings is 1. The standard InChI is InChI=1S/C18H25NO4/c1-19-14-8-13(9-15(19)12-22-11-14)18(20)6-7-23-17-5-3-4-16(10-17)21-2/h3-5,10,13-15H,6-9,11-12H2,1-2H3. The van der Waals surface area contributed by atoms with Gasteiger partial charge in [-0.1, -0.05) is 6.07 Å². The number of carbonyl (C=O) groups is 1. The maximum absolute atomic E-state index is 12.5. The van der Waals surface area contributed by atoms with Gasteiger partial charge in [-0.25, -0.2) is 0 Å². The molecule has 5 heteroatoms. The highest BCUT2D eigenvalue weighted by Gasteiger charge is 2.38. The van der Waals surface area contributed by atoms with E-state index < -0.39 is 0 Å². The summed E-state index contributed by atoms with van der Waals surface area (Å²) in [6.45, 7) is 1.92. The highest BCUT2D eigenvalue weighted by atomic mass is 16.5. The van der Waals surface area contributed by atoms with Crippen molar-refractivity contribution in [1.29, 1.82) is 0 Å². The molecule has 1 aromatic rings. The maximum atomic E-state index is 12.5. The largest absolute Gasteiger partial charge is 0.497 e. The Morgan fingerprint density at radius 2 is 1.96 bits per heavy atom. The lowest BCUT2D eigenvalue weighted by Crippen LogP contribution is -2.55. The van der Waals surface area contributed by atoms with Gasteiger partial charge in [0.15, 0.2) is 0 Å². The van der Waals surface area contributed by atoms with Gasteiger partial charge in [-0.05, 0) is 32.0 Å². The molecule has 2 aliphatic rings. The zero-order valence-electron chi connectivity index (χ0n) is 13.9. The molecule has 2 atom stereocenters. The molecular formula is C18H25NO4. The number of rotatable bonds is 6. The van der Waals surface area contributed by atoms with Gasteiger partial charge >= 0.3 is 0 Å². The SMILES string of the molecule is COc1cccc(OCCC(=O)C2CC3COCC(C2)N3C)c1. The average molecular weight is 319 g/mol. The number of hydrogen-bond donors (Lipinski definition) is 0. The molecule has 23 heavy (non-hydrogen) atoms. The Labute approximate surface area is 137 Å². The fraction of sp³-hybridized carbons (Fsp3) is 0.611. The second-order valence-electron chi connectivity index (χ2n) is 6.42. The van der Waals surface area contributed by atoms with Crippen molar-refractivity contribution in [3.63, 3.8) is 0 Å². The molecule has 0 spiro atoms. The Balaban J connectivity index is 1.48. The summed E-state index contributed by atoms with van der Waals surface area (Å²) in [7, 11) is 3.77. The molecule has 2 bridgehead atoms. The zero-order chi connectivity index (χ0) is 16.2. The molecule has 0 amide bonds. The second kappa shape index (κ2) is 7.32. The van der Waals surface area contributed by atoms with Crippen LogP contribution in [0.3, 0.4) is 0 Å². The normalized spacial score (nSPS) is 27.5. The van der Waals surface area contributed by atoms with Gasteiger partial charge in [0.05, 0.1) is 26.9 Å². The molecule has 2 unspecified atom stereocenters. The van der Waals surface area contributed by atoms with Crippen LogP contribution in [0.4, 0.5) is 0 Å². The van der Waals surface area contributed by atoms with Gasteiger partial charge in [0.2, 0.25) is 0 Å². The molecule has 5 nitrogen and oxygen atoms in total. The van der Waals surface area contributed by atoms with Gasteiger partial charge < -0.3 is 14.2 Å². The lowest BCUT2D eigenvalue weighted by atomic mass is 9.82. The smallest absolute Gasteiger partial charge is 0.139 e. The third-order valence-corrected chi connectivity index (χ3v) is 5.00. The topological polar surface area (TPSA) is 48.0 Å². The summed E-state index contributed by atoms with van der Waals surface area (Å²) < 4.78 is 16.5. The molecule has 2 aliphatic heterocycles. The molecular weight excluding hydrogens is 294 g/mol. The van der Waals surface area contributed by atoms with E-state index in [0.29, 0.717) is 30.9 Å². The molecule has 0 saturated carbocycles. The molecule has 0 aliphatic carbocycles. The summed E-state index contributed by atoms with van der Waals surface area (Å²) in [5.41, 5.74) is 0. The van der Waals surface area contributed by atoms with Gasteiger partial charge in [-0.2, -0.15) is 0 Å². The van der Waals surface area contributed by atoms with Gasteiger partial charge in [0.1, 0.15) is 17.3 Å². The third-order valence-electron chi connectivity index (χ3n) is 5.00. The van der Waals surface area contributed by atoms with Crippen LogP contribution in [-0.4, -0.2) is 56.7 Å². The van der Waals surface area contributed by atoms with Crippen molar-refractivity contribution in [1.82, 2.24) is 4.90 Å². The first-order valence-corrected chi connectivity index (χ1v) is 8.26. The number of hydrogen-bond acceptors (Lipinski definition) is 5. The van der Waals surface area contributed by atoms with Crippen LogP contribution in [0, 0.1) is 5.92 Å². The van der Waals surface area contributed by atoms with Gasteiger partial charge in [-0.3, -0.25) is 9.69 Å². The van der Waals surface area contributed by atoms with E-state index in [2.05, 4.69) is 11.9 Å². The number of piperidine rings is 1. The van der Waals surface area contributed by atoms with Gasteiger partial charge in [0, 0.05) is 30.5 Å². The van der Waals surface area contributed by atoms with E-state index in [1.54, 1.807) is 7.11 Å². The second-order valence-corrected chi connectivity index (χ2v) is 6.42. The first-order chi connectivity index (χ1) is 11.2. The third kappa shape index (κ3) is 3.85. The highest BCUT2D eigenvalue weighted by Crippen LogP contribution is 2.31. The number of methoxy groups -OCH3 is 1. The minimum absolute atomic E-state index is 0.152. The molecule has 2 heterocycles. The van der Waals surface area contributed by atoms with E-state index >= 15 is 0 Å². The fourth-order valence-corrected chi connectivity index (χ4v) is 3.52. The molecule has 2 saturated heterocycles. The summed E-state index contributed by atoms with van der Waals surface area (Å²) in [6, 6.07) is 8.24. The Morgan fingerprint density at radius 3 is 2.65 bits per heavy atom. The van der Waals surface area contributed by atoms with Crippen LogP contribution in [0.1, 0.15) is 19.3 Å². The number of likely N-dealkylation sites (N-methyl/N-ethyl adjacent to an activating group) is 1. The van der Waals surface area contributed by atoms with Crippen molar-refractivity contribution < 1.29 is 19.0 Å². The summed E-state index contributed by atoms with van der Waals surface area (Å²) in [5.74, 6) is 1.97. The summed E-state index contributed by atoms with van der Waals surface area (Å²) >= 11 is 0. The first-order valence-electron chi connectivity index (χ1n) is 8.26. The van der Waals surface area contributed by atoms with E-state index in [0.717, 1.165) is 37.6 Å². The van der Waals surface area contributed by atoms with Gasteiger partial charge in [-0.15, -0.1) is 0 Å². The van der Waals surface area contributed by atoms with Crippen LogP contribution in [0.5, 0.6) is 11.5 Å². The van der Waals surface area contributed by atoms with E-state index in [1.807, 2.05) is 24.3 Å². The van der Waals surface area contributed by atoms with Crippen molar-refractivity contribution in [3.05, 3.63) is 24.3 Å². The molecule has 0 aromatic heterocycles. The molecule has 3 rings (SSSR count). The lowest BCUT2D eigenvalue weighted by Gasteiger charge is -2.46. The van der Waals surface area contributed by atoms with Crippen molar-refractivity contribution in [2.45, 2.75) is 31.3 Å². The van der Waals surface area contributed by atoms with Crippen molar-refractivity contribution in [2.75, 3.05) is 34.0 Å². The molecule has 126 valence electrons. The Bertz CT molecular complexity index is 534. The summed E-state index contributed by atoms with van der Waals surface area (Å²) in [6.07, 6.45) is 2.28. The van der Waals surface area contributed by atoms with E-state index in [1.165, 1.54) is 0 Å². The average Bonchev–Trinajstić information content (AvgIpc) is 2.54. The van der Waals surface area contributed by atoms with Crippen LogP contribution in [0.15, 0.2) is 24.3 Å². The predicted molar refractivity (Wildman–Crippen MR) is 87.0 cm³/mol. The van der Waals surface area contributed by atoms with E-state index in [-0.39, 0.29) is 5.92 Å². The zero-order valence-corrected chi connectivity index (χ0v) is 13.9. The minimum Gasteiger partial charge on any atom is -0.497 e. The number of ether oxygens (including phenoxy) is 3. The van der Waals surface area contributed by atoms with Crippen LogP contribution in [0.25, 0.3) is 0 Å². The number of carbonyl (C=O) groups excluding carboxylic acids is 1. The van der Waals surface area contributed by atoms with Crippen LogP contribution in [-0.2, 0) is 9.53 Å². The number of Topliss-reactive ketones (excluding diaryl/α,β-unsaturated/α-hetero) is 1. The summed E-state index contributed by atoms with van der Waals surface area (Å²) in [5, 5.41) is 0. The molecule has 0 radical (unpaired) electrons. The number of nitrogens with zero attached hydrogens (tertiary/aromatic N) is 1. The predicted octanol–water partition coefficient (Wildman–Crippen LogP) is 2.14.